The molecule has 0 saturated heterocycles. The van der Waals surface area contributed by atoms with E-state index in [2.05, 4.69) is 6.92 Å². The minimum absolute atomic E-state index is 0.154. The number of amides is 1. The fourth-order valence-corrected chi connectivity index (χ4v) is 2.25. The third-order valence-electron chi connectivity index (χ3n) is 3.44. The fraction of sp³-hybridized carbons (Fsp3) is 0.533. The fourth-order valence-electron chi connectivity index (χ4n) is 2.25. The third kappa shape index (κ3) is 3.03. The van der Waals surface area contributed by atoms with E-state index >= 15 is 0 Å². The Morgan fingerprint density at radius 2 is 2.17 bits per heavy atom. The van der Waals surface area contributed by atoms with E-state index in [1.54, 1.807) is 0 Å². The summed E-state index contributed by atoms with van der Waals surface area (Å²) in [6.07, 6.45) is 3.55. The van der Waals surface area contributed by atoms with Crippen molar-refractivity contribution in [1.82, 2.24) is 4.90 Å². The van der Waals surface area contributed by atoms with Gasteiger partial charge < -0.3 is 10.6 Å². The Kier molecular flexibility index (Phi) is 3.90. The van der Waals surface area contributed by atoms with E-state index in [-0.39, 0.29) is 5.91 Å². The third-order valence-corrected chi connectivity index (χ3v) is 3.44. The van der Waals surface area contributed by atoms with Gasteiger partial charge in [-0.3, -0.25) is 4.79 Å². The molecule has 0 radical (unpaired) electrons. The number of hydrogen-bond acceptors (Lipinski definition) is 2. The number of aryl methyl sites for hydroxylation is 1. The lowest BCUT2D eigenvalue weighted by Gasteiger charge is -2.23. The maximum atomic E-state index is 12.5. The highest BCUT2D eigenvalue weighted by Gasteiger charge is 2.27. The number of anilines is 1. The second kappa shape index (κ2) is 5.42. The zero-order valence-corrected chi connectivity index (χ0v) is 11.3. The zero-order valence-electron chi connectivity index (χ0n) is 11.3. The Hall–Kier alpha value is -1.51. The van der Waals surface area contributed by atoms with Gasteiger partial charge in [-0.25, -0.2) is 0 Å². The number of benzene rings is 1. The van der Waals surface area contributed by atoms with Gasteiger partial charge >= 0.3 is 0 Å². The van der Waals surface area contributed by atoms with Crippen LogP contribution in [0.15, 0.2) is 18.2 Å². The predicted octanol–water partition coefficient (Wildman–Crippen LogP) is 2.84. The van der Waals surface area contributed by atoms with Crippen LogP contribution in [0.3, 0.4) is 0 Å². The molecular weight excluding hydrogens is 224 g/mol. The molecule has 1 aromatic rings. The summed E-state index contributed by atoms with van der Waals surface area (Å²) in [5, 5.41) is 0. The lowest BCUT2D eigenvalue weighted by molar-refractivity contribution is 0.0747. The summed E-state index contributed by atoms with van der Waals surface area (Å²) >= 11 is 0. The van der Waals surface area contributed by atoms with Gasteiger partial charge in [0.05, 0.1) is 0 Å². The molecule has 0 unspecified atom stereocenters. The van der Waals surface area contributed by atoms with Gasteiger partial charge in [0, 0.05) is 24.3 Å². The maximum absolute atomic E-state index is 12.5. The van der Waals surface area contributed by atoms with E-state index in [9.17, 15) is 4.79 Å². The number of nitrogens with two attached hydrogens (primary N) is 1. The number of nitrogen functional groups attached to an aromatic ring is 1. The largest absolute Gasteiger partial charge is 0.399 e. The molecule has 0 aliphatic heterocycles. The van der Waals surface area contributed by atoms with Crippen LogP contribution in [0, 0.1) is 12.8 Å². The smallest absolute Gasteiger partial charge is 0.254 e. The topological polar surface area (TPSA) is 46.3 Å². The van der Waals surface area contributed by atoms with Gasteiger partial charge in [-0.2, -0.15) is 0 Å². The van der Waals surface area contributed by atoms with E-state index in [1.807, 2.05) is 30.0 Å². The van der Waals surface area contributed by atoms with Crippen molar-refractivity contribution < 1.29 is 4.79 Å². The summed E-state index contributed by atoms with van der Waals surface area (Å²) in [4.78, 5) is 14.5. The minimum Gasteiger partial charge on any atom is -0.399 e. The van der Waals surface area contributed by atoms with Crippen LogP contribution >= 0.6 is 0 Å². The van der Waals surface area contributed by atoms with Crippen molar-refractivity contribution in [2.75, 3.05) is 18.8 Å². The van der Waals surface area contributed by atoms with Crippen molar-refractivity contribution in [3.63, 3.8) is 0 Å². The molecule has 1 aliphatic carbocycles. The predicted molar refractivity (Wildman–Crippen MR) is 74.5 cm³/mol. The molecule has 3 nitrogen and oxygen atoms in total. The van der Waals surface area contributed by atoms with E-state index in [0.29, 0.717) is 5.69 Å². The van der Waals surface area contributed by atoms with Crippen molar-refractivity contribution in [2.24, 2.45) is 5.92 Å². The Morgan fingerprint density at radius 1 is 1.44 bits per heavy atom. The first-order chi connectivity index (χ1) is 8.61. The van der Waals surface area contributed by atoms with Gasteiger partial charge in [-0.05, 0) is 55.9 Å². The molecule has 1 fully saturated rings. The molecule has 0 atom stereocenters. The molecule has 2 rings (SSSR count). The van der Waals surface area contributed by atoms with Crippen LogP contribution in [0.1, 0.15) is 42.1 Å². The molecule has 1 aliphatic rings. The summed E-state index contributed by atoms with van der Waals surface area (Å²) in [5.41, 5.74) is 8.20. The van der Waals surface area contributed by atoms with Crippen molar-refractivity contribution in [1.29, 1.82) is 0 Å². The summed E-state index contributed by atoms with van der Waals surface area (Å²) in [5.74, 6) is 0.885. The SMILES string of the molecule is CCCN(CC1CC1)C(=O)c1ccc(N)cc1C. The molecule has 1 aromatic carbocycles. The molecule has 0 spiro atoms. The monoisotopic (exact) mass is 246 g/mol. The molecule has 1 saturated carbocycles. The lowest BCUT2D eigenvalue weighted by Crippen LogP contribution is -2.34. The second-order valence-electron chi connectivity index (χ2n) is 5.27. The van der Waals surface area contributed by atoms with Crippen LogP contribution in [0.2, 0.25) is 0 Å². The highest BCUT2D eigenvalue weighted by molar-refractivity contribution is 5.96. The van der Waals surface area contributed by atoms with Gasteiger partial charge in [0.1, 0.15) is 0 Å². The first-order valence-corrected chi connectivity index (χ1v) is 6.77. The first kappa shape index (κ1) is 12.9. The van der Waals surface area contributed by atoms with Gasteiger partial charge in [0.2, 0.25) is 0 Å². The summed E-state index contributed by atoms with van der Waals surface area (Å²) in [6.45, 7) is 5.82. The van der Waals surface area contributed by atoms with Crippen LogP contribution < -0.4 is 5.73 Å². The second-order valence-corrected chi connectivity index (χ2v) is 5.27. The van der Waals surface area contributed by atoms with Crippen molar-refractivity contribution in [3.8, 4) is 0 Å². The lowest BCUT2D eigenvalue weighted by atomic mass is 10.1. The number of hydrogen-bond donors (Lipinski definition) is 1. The Morgan fingerprint density at radius 3 is 2.72 bits per heavy atom. The van der Waals surface area contributed by atoms with E-state index in [1.165, 1.54) is 12.8 Å². The normalized spacial score (nSPS) is 14.6. The molecule has 3 heteroatoms. The standard InChI is InChI=1S/C15H22N2O/c1-3-8-17(10-12-4-5-12)15(18)14-7-6-13(16)9-11(14)2/h6-7,9,12H,3-5,8,10,16H2,1-2H3. The summed E-state index contributed by atoms with van der Waals surface area (Å²) < 4.78 is 0. The van der Waals surface area contributed by atoms with Crippen molar-refractivity contribution in [2.45, 2.75) is 33.1 Å². The number of carbonyl (C=O) groups excluding carboxylic acids is 1. The Labute approximate surface area is 109 Å². The molecule has 98 valence electrons. The Balaban J connectivity index is 2.15. The van der Waals surface area contributed by atoms with Gasteiger partial charge in [-0.15, -0.1) is 0 Å². The Bertz CT molecular complexity index is 438. The number of carbonyl (C=O) groups is 1. The van der Waals surface area contributed by atoms with Crippen LogP contribution in [0.25, 0.3) is 0 Å². The van der Waals surface area contributed by atoms with Gasteiger partial charge in [-0.1, -0.05) is 6.92 Å². The molecule has 1 amide bonds. The van der Waals surface area contributed by atoms with Crippen LogP contribution in [-0.4, -0.2) is 23.9 Å². The summed E-state index contributed by atoms with van der Waals surface area (Å²) in [6, 6.07) is 5.53. The highest BCUT2D eigenvalue weighted by Crippen LogP contribution is 2.30. The average molecular weight is 246 g/mol. The minimum atomic E-state index is 0.154. The first-order valence-electron chi connectivity index (χ1n) is 6.77. The number of rotatable bonds is 5. The van der Waals surface area contributed by atoms with E-state index in [4.69, 9.17) is 5.73 Å². The molecule has 0 aromatic heterocycles. The molecule has 0 heterocycles. The quantitative estimate of drug-likeness (QED) is 0.812. The van der Waals surface area contributed by atoms with Gasteiger partial charge in [0.25, 0.3) is 5.91 Å². The van der Waals surface area contributed by atoms with Gasteiger partial charge in [0.15, 0.2) is 0 Å². The van der Waals surface area contributed by atoms with Crippen LogP contribution in [0.4, 0.5) is 5.69 Å². The average Bonchev–Trinajstić information content (AvgIpc) is 3.11. The van der Waals surface area contributed by atoms with Crippen molar-refractivity contribution >= 4 is 11.6 Å². The molecule has 0 bridgehead atoms. The highest BCUT2D eigenvalue weighted by atomic mass is 16.2. The van der Waals surface area contributed by atoms with E-state index < -0.39 is 0 Å². The molecule has 2 N–H and O–H groups in total. The summed E-state index contributed by atoms with van der Waals surface area (Å²) in [7, 11) is 0. The molecule has 18 heavy (non-hydrogen) atoms. The molecular formula is C15H22N2O. The van der Waals surface area contributed by atoms with E-state index in [0.717, 1.165) is 36.6 Å². The number of nitrogens with zero attached hydrogens (tertiary/aromatic N) is 1. The van der Waals surface area contributed by atoms with Crippen molar-refractivity contribution in [3.05, 3.63) is 29.3 Å². The van der Waals surface area contributed by atoms with Crippen LogP contribution in [0.5, 0.6) is 0 Å². The zero-order chi connectivity index (χ0) is 13.1. The van der Waals surface area contributed by atoms with Crippen LogP contribution in [-0.2, 0) is 0 Å². The maximum Gasteiger partial charge on any atom is 0.254 e.